The Labute approximate surface area is 83.1 Å². The molecule has 0 saturated carbocycles. The molecule has 0 aliphatic rings. The van der Waals surface area contributed by atoms with Crippen LogP contribution in [0.15, 0.2) is 12.3 Å². The molecule has 2 rings (SSSR count). The SMILES string of the molecule is CCc1c[nH]c2cc(C)c(OC)nc12. The van der Waals surface area contributed by atoms with Crippen molar-refractivity contribution in [3.8, 4) is 5.88 Å². The van der Waals surface area contributed by atoms with Crippen LogP contribution in [0.5, 0.6) is 5.88 Å². The lowest BCUT2D eigenvalue weighted by molar-refractivity contribution is 0.396. The number of hydrogen-bond acceptors (Lipinski definition) is 2. The molecule has 0 saturated heterocycles. The number of pyridine rings is 1. The molecule has 74 valence electrons. The number of aryl methyl sites for hydroxylation is 2. The number of aromatic nitrogens is 2. The van der Waals surface area contributed by atoms with Gasteiger partial charge >= 0.3 is 0 Å². The number of hydrogen-bond donors (Lipinski definition) is 1. The van der Waals surface area contributed by atoms with Crippen molar-refractivity contribution in [1.82, 2.24) is 9.97 Å². The van der Waals surface area contributed by atoms with Crippen LogP contribution >= 0.6 is 0 Å². The largest absolute Gasteiger partial charge is 0.481 e. The van der Waals surface area contributed by atoms with Crippen molar-refractivity contribution in [2.45, 2.75) is 20.3 Å². The van der Waals surface area contributed by atoms with Gasteiger partial charge in [0.2, 0.25) is 5.88 Å². The first-order chi connectivity index (χ1) is 6.76. The van der Waals surface area contributed by atoms with Crippen molar-refractivity contribution in [2.24, 2.45) is 0 Å². The predicted molar refractivity (Wildman–Crippen MR) is 56.8 cm³/mol. The molecule has 0 aromatic carbocycles. The highest BCUT2D eigenvalue weighted by Crippen LogP contribution is 2.23. The minimum absolute atomic E-state index is 0.715. The Morgan fingerprint density at radius 3 is 2.93 bits per heavy atom. The number of aromatic amines is 1. The van der Waals surface area contributed by atoms with E-state index in [1.165, 1.54) is 5.56 Å². The molecule has 0 aliphatic carbocycles. The topological polar surface area (TPSA) is 37.9 Å². The first-order valence-electron chi connectivity index (χ1n) is 4.77. The average Bonchev–Trinajstić information content (AvgIpc) is 2.58. The molecule has 0 fully saturated rings. The lowest BCUT2D eigenvalue weighted by Crippen LogP contribution is -1.92. The molecule has 2 aromatic rings. The van der Waals surface area contributed by atoms with E-state index in [1.54, 1.807) is 7.11 Å². The normalized spacial score (nSPS) is 10.8. The number of nitrogens with zero attached hydrogens (tertiary/aromatic N) is 1. The monoisotopic (exact) mass is 190 g/mol. The smallest absolute Gasteiger partial charge is 0.216 e. The summed E-state index contributed by atoms with van der Waals surface area (Å²) in [5.74, 6) is 0.715. The van der Waals surface area contributed by atoms with E-state index in [0.717, 1.165) is 23.0 Å². The Balaban J connectivity index is 2.70. The summed E-state index contributed by atoms with van der Waals surface area (Å²) >= 11 is 0. The fourth-order valence-electron chi connectivity index (χ4n) is 1.66. The minimum Gasteiger partial charge on any atom is -0.481 e. The molecule has 0 aliphatic heterocycles. The van der Waals surface area contributed by atoms with Gasteiger partial charge in [-0.15, -0.1) is 0 Å². The second-order valence-electron chi connectivity index (χ2n) is 3.38. The summed E-state index contributed by atoms with van der Waals surface area (Å²) in [5, 5.41) is 0. The van der Waals surface area contributed by atoms with Gasteiger partial charge in [0, 0.05) is 11.8 Å². The third kappa shape index (κ3) is 1.25. The van der Waals surface area contributed by atoms with E-state index in [-0.39, 0.29) is 0 Å². The zero-order valence-electron chi connectivity index (χ0n) is 8.72. The summed E-state index contributed by atoms with van der Waals surface area (Å²) in [6.07, 6.45) is 3.00. The molecule has 14 heavy (non-hydrogen) atoms. The highest BCUT2D eigenvalue weighted by Gasteiger charge is 2.07. The fraction of sp³-hybridized carbons (Fsp3) is 0.364. The van der Waals surface area contributed by atoms with Crippen molar-refractivity contribution in [3.05, 3.63) is 23.4 Å². The zero-order chi connectivity index (χ0) is 10.1. The molecule has 0 spiro atoms. The maximum atomic E-state index is 5.20. The van der Waals surface area contributed by atoms with Gasteiger partial charge in [-0.25, -0.2) is 4.98 Å². The van der Waals surface area contributed by atoms with Crippen molar-refractivity contribution in [1.29, 1.82) is 0 Å². The zero-order valence-corrected chi connectivity index (χ0v) is 8.72. The molecule has 2 aromatic heterocycles. The Hall–Kier alpha value is -1.51. The number of nitrogens with one attached hydrogen (secondary N) is 1. The van der Waals surface area contributed by atoms with Gasteiger partial charge in [0.15, 0.2) is 0 Å². The summed E-state index contributed by atoms with van der Waals surface area (Å²) in [5.41, 5.74) is 4.40. The molecule has 0 amide bonds. The van der Waals surface area contributed by atoms with E-state index < -0.39 is 0 Å². The highest BCUT2D eigenvalue weighted by molar-refractivity contribution is 5.80. The van der Waals surface area contributed by atoms with Gasteiger partial charge < -0.3 is 9.72 Å². The molecule has 0 unspecified atom stereocenters. The Morgan fingerprint density at radius 1 is 1.50 bits per heavy atom. The molecular formula is C11H14N2O. The van der Waals surface area contributed by atoms with E-state index >= 15 is 0 Å². The second kappa shape index (κ2) is 3.33. The van der Waals surface area contributed by atoms with Crippen LogP contribution in [0.4, 0.5) is 0 Å². The second-order valence-corrected chi connectivity index (χ2v) is 3.38. The van der Waals surface area contributed by atoms with Crippen LogP contribution in [0, 0.1) is 6.92 Å². The standard InChI is InChI=1S/C11H14N2O/c1-4-8-6-12-9-5-7(2)11(14-3)13-10(8)9/h5-6,12H,4H2,1-3H3. The molecule has 3 nitrogen and oxygen atoms in total. The van der Waals surface area contributed by atoms with Gasteiger partial charge in [0.25, 0.3) is 0 Å². The predicted octanol–water partition coefficient (Wildman–Crippen LogP) is 2.44. The highest BCUT2D eigenvalue weighted by atomic mass is 16.5. The van der Waals surface area contributed by atoms with E-state index in [2.05, 4.69) is 23.0 Å². The van der Waals surface area contributed by atoms with E-state index in [9.17, 15) is 0 Å². The van der Waals surface area contributed by atoms with Gasteiger partial charge in [0.1, 0.15) is 0 Å². The van der Waals surface area contributed by atoms with Crippen molar-refractivity contribution < 1.29 is 4.74 Å². The van der Waals surface area contributed by atoms with Gasteiger partial charge in [-0.1, -0.05) is 6.92 Å². The first-order valence-corrected chi connectivity index (χ1v) is 4.77. The van der Waals surface area contributed by atoms with Crippen LogP contribution in [0.3, 0.4) is 0 Å². The number of fused-ring (bicyclic) bond motifs is 1. The quantitative estimate of drug-likeness (QED) is 0.789. The van der Waals surface area contributed by atoms with E-state index in [0.29, 0.717) is 5.88 Å². The molecule has 2 heterocycles. The van der Waals surface area contributed by atoms with Gasteiger partial charge in [-0.05, 0) is 25.0 Å². The maximum Gasteiger partial charge on any atom is 0.216 e. The first kappa shape index (κ1) is 9.06. The molecule has 1 N–H and O–H groups in total. The van der Waals surface area contributed by atoms with Crippen molar-refractivity contribution in [3.63, 3.8) is 0 Å². The van der Waals surface area contributed by atoms with E-state index in [4.69, 9.17) is 4.74 Å². The lowest BCUT2D eigenvalue weighted by atomic mass is 10.2. The van der Waals surface area contributed by atoms with Gasteiger partial charge in [-0.3, -0.25) is 0 Å². The Bertz CT molecular complexity index is 460. The van der Waals surface area contributed by atoms with Crippen LogP contribution in [0.1, 0.15) is 18.1 Å². The molecule has 0 bridgehead atoms. The van der Waals surface area contributed by atoms with Crippen LogP contribution < -0.4 is 4.74 Å². The van der Waals surface area contributed by atoms with Crippen molar-refractivity contribution in [2.75, 3.05) is 7.11 Å². The number of rotatable bonds is 2. The Kier molecular flexibility index (Phi) is 2.15. The van der Waals surface area contributed by atoms with E-state index in [1.807, 2.05) is 13.1 Å². The van der Waals surface area contributed by atoms with Crippen LogP contribution in [-0.4, -0.2) is 17.1 Å². The number of methoxy groups -OCH3 is 1. The third-order valence-electron chi connectivity index (χ3n) is 2.45. The number of H-pyrrole nitrogens is 1. The lowest BCUT2D eigenvalue weighted by Gasteiger charge is -2.03. The summed E-state index contributed by atoms with van der Waals surface area (Å²) in [6.45, 7) is 4.12. The van der Waals surface area contributed by atoms with Crippen LogP contribution in [0.2, 0.25) is 0 Å². The molecule has 0 radical (unpaired) electrons. The Morgan fingerprint density at radius 2 is 2.29 bits per heavy atom. The molecule has 0 atom stereocenters. The van der Waals surface area contributed by atoms with Crippen LogP contribution in [0.25, 0.3) is 11.0 Å². The average molecular weight is 190 g/mol. The molecular weight excluding hydrogens is 176 g/mol. The van der Waals surface area contributed by atoms with Crippen molar-refractivity contribution >= 4 is 11.0 Å². The summed E-state index contributed by atoms with van der Waals surface area (Å²) in [4.78, 5) is 7.68. The number of ether oxygens (including phenoxy) is 1. The maximum absolute atomic E-state index is 5.20. The summed E-state index contributed by atoms with van der Waals surface area (Å²) in [7, 11) is 1.65. The minimum atomic E-state index is 0.715. The summed E-state index contributed by atoms with van der Waals surface area (Å²) in [6, 6.07) is 2.07. The third-order valence-corrected chi connectivity index (χ3v) is 2.45. The van der Waals surface area contributed by atoms with Gasteiger partial charge in [-0.2, -0.15) is 0 Å². The summed E-state index contributed by atoms with van der Waals surface area (Å²) < 4.78 is 5.20. The van der Waals surface area contributed by atoms with Crippen LogP contribution in [-0.2, 0) is 6.42 Å². The fourth-order valence-corrected chi connectivity index (χ4v) is 1.66. The van der Waals surface area contributed by atoms with Gasteiger partial charge in [0.05, 0.1) is 18.1 Å². The molecule has 3 heteroatoms.